The summed E-state index contributed by atoms with van der Waals surface area (Å²) in [7, 11) is 1.78. The molecule has 2 atom stereocenters. The minimum Gasteiger partial charge on any atom is -0.313 e. The van der Waals surface area contributed by atoms with Crippen LogP contribution in [-0.2, 0) is 0 Å². The highest BCUT2D eigenvalue weighted by molar-refractivity contribution is 5.28. The average Bonchev–Trinajstić information content (AvgIpc) is 2.25. The van der Waals surface area contributed by atoms with Gasteiger partial charge >= 0.3 is 0 Å². The Morgan fingerprint density at radius 1 is 1.06 bits per heavy atom. The second kappa shape index (κ2) is 5.58. The first-order valence-corrected chi connectivity index (χ1v) is 6.01. The Morgan fingerprint density at radius 2 is 1.65 bits per heavy atom. The Hall–Kier alpha value is -0.960. The summed E-state index contributed by atoms with van der Waals surface area (Å²) in [4.78, 5) is 0. The summed E-state index contributed by atoms with van der Waals surface area (Å²) >= 11 is 0. The minimum absolute atomic E-state index is 0.162. The van der Waals surface area contributed by atoms with Gasteiger partial charge in [-0.1, -0.05) is 20.8 Å². The molecule has 1 aromatic carbocycles. The van der Waals surface area contributed by atoms with Gasteiger partial charge < -0.3 is 5.32 Å². The van der Waals surface area contributed by atoms with Crippen molar-refractivity contribution in [1.29, 1.82) is 0 Å². The lowest BCUT2D eigenvalue weighted by atomic mass is 9.85. The summed E-state index contributed by atoms with van der Waals surface area (Å²) in [5, 5.41) is 3.08. The topological polar surface area (TPSA) is 12.0 Å². The number of halogens is 2. The van der Waals surface area contributed by atoms with E-state index in [0.717, 1.165) is 0 Å². The number of hydrogen-bond acceptors (Lipinski definition) is 1. The Balaban J connectivity index is 3.16. The number of nitrogens with one attached hydrogen (secondary N) is 1. The molecule has 0 saturated carbocycles. The fourth-order valence-electron chi connectivity index (χ4n) is 1.99. The van der Waals surface area contributed by atoms with Crippen molar-refractivity contribution in [3.05, 3.63) is 34.9 Å². The van der Waals surface area contributed by atoms with Crippen molar-refractivity contribution in [3.63, 3.8) is 0 Å². The molecule has 0 aliphatic rings. The van der Waals surface area contributed by atoms with Crippen molar-refractivity contribution in [2.24, 2.45) is 11.8 Å². The van der Waals surface area contributed by atoms with E-state index in [0.29, 0.717) is 17.0 Å². The summed E-state index contributed by atoms with van der Waals surface area (Å²) in [6.45, 7) is 7.78. The molecule has 1 aromatic rings. The van der Waals surface area contributed by atoms with Crippen LogP contribution in [0.3, 0.4) is 0 Å². The van der Waals surface area contributed by atoms with Crippen LogP contribution < -0.4 is 5.32 Å². The van der Waals surface area contributed by atoms with Gasteiger partial charge in [-0.15, -0.1) is 0 Å². The molecule has 2 unspecified atom stereocenters. The molecule has 0 fully saturated rings. The molecule has 0 spiro atoms. The number of hydrogen-bond donors (Lipinski definition) is 1. The summed E-state index contributed by atoms with van der Waals surface area (Å²) in [6, 6.07) is 2.41. The molecular formula is C14H21F2N. The molecule has 1 rings (SSSR count). The van der Waals surface area contributed by atoms with E-state index in [9.17, 15) is 8.78 Å². The maximum Gasteiger partial charge on any atom is 0.128 e. The molecule has 0 heterocycles. The molecule has 0 aliphatic heterocycles. The molecular weight excluding hydrogens is 220 g/mol. The van der Waals surface area contributed by atoms with E-state index < -0.39 is 0 Å². The fraction of sp³-hybridized carbons (Fsp3) is 0.571. The second-order valence-electron chi connectivity index (χ2n) is 4.99. The molecule has 0 aromatic heterocycles. The van der Waals surface area contributed by atoms with Crippen molar-refractivity contribution < 1.29 is 8.78 Å². The zero-order valence-corrected chi connectivity index (χ0v) is 11.1. The first kappa shape index (κ1) is 14.1. The lowest BCUT2D eigenvalue weighted by Gasteiger charge is -2.27. The first-order valence-electron chi connectivity index (χ1n) is 6.01. The molecule has 0 aliphatic carbocycles. The van der Waals surface area contributed by atoms with Crippen LogP contribution in [0.1, 0.15) is 37.9 Å². The Labute approximate surface area is 102 Å². The normalized spacial score (nSPS) is 15.1. The highest BCUT2D eigenvalue weighted by Crippen LogP contribution is 2.30. The number of rotatable bonds is 4. The van der Waals surface area contributed by atoms with Gasteiger partial charge in [0.25, 0.3) is 0 Å². The van der Waals surface area contributed by atoms with Gasteiger partial charge in [0, 0.05) is 11.6 Å². The van der Waals surface area contributed by atoms with Crippen LogP contribution in [0.5, 0.6) is 0 Å². The largest absolute Gasteiger partial charge is 0.313 e. The van der Waals surface area contributed by atoms with Crippen molar-refractivity contribution >= 4 is 0 Å². The predicted molar refractivity (Wildman–Crippen MR) is 66.9 cm³/mol. The van der Waals surface area contributed by atoms with E-state index in [4.69, 9.17) is 0 Å². The quantitative estimate of drug-likeness (QED) is 0.844. The molecule has 1 N–H and O–H groups in total. The standard InChI is InChI=1S/C14H21F2N/c1-8(2)10(4)14(17-5)11-7-12(15)9(3)6-13(11)16/h6-8,10,14,17H,1-5H3. The Morgan fingerprint density at radius 3 is 2.12 bits per heavy atom. The summed E-state index contributed by atoms with van der Waals surface area (Å²) in [5.41, 5.74) is 0.759. The van der Waals surface area contributed by atoms with E-state index in [-0.39, 0.29) is 23.6 Å². The van der Waals surface area contributed by atoms with Gasteiger partial charge in [0.15, 0.2) is 0 Å². The monoisotopic (exact) mass is 241 g/mol. The fourth-order valence-corrected chi connectivity index (χ4v) is 1.99. The first-order chi connectivity index (χ1) is 7.88. The number of benzene rings is 1. The van der Waals surface area contributed by atoms with Crippen molar-refractivity contribution in [2.75, 3.05) is 7.05 Å². The van der Waals surface area contributed by atoms with Crippen LogP contribution in [0, 0.1) is 30.4 Å². The van der Waals surface area contributed by atoms with E-state index in [2.05, 4.69) is 19.2 Å². The summed E-state index contributed by atoms with van der Waals surface area (Å²) in [6.07, 6.45) is 0. The number of aryl methyl sites for hydroxylation is 1. The van der Waals surface area contributed by atoms with Gasteiger partial charge in [0.2, 0.25) is 0 Å². The molecule has 0 radical (unpaired) electrons. The third-order valence-corrected chi connectivity index (χ3v) is 3.50. The van der Waals surface area contributed by atoms with Crippen LogP contribution in [0.4, 0.5) is 8.78 Å². The van der Waals surface area contributed by atoms with Gasteiger partial charge in [0.1, 0.15) is 11.6 Å². The molecule has 3 heteroatoms. The highest BCUT2D eigenvalue weighted by Gasteiger charge is 2.24. The van der Waals surface area contributed by atoms with Crippen LogP contribution in [-0.4, -0.2) is 7.05 Å². The van der Waals surface area contributed by atoms with Crippen LogP contribution in [0.15, 0.2) is 12.1 Å². The lowest BCUT2D eigenvalue weighted by molar-refractivity contribution is 0.309. The lowest BCUT2D eigenvalue weighted by Crippen LogP contribution is -2.27. The van der Waals surface area contributed by atoms with E-state index >= 15 is 0 Å². The van der Waals surface area contributed by atoms with Gasteiger partial charge in [-0.05, 0) is 43.5 Å². The highest BCUT2D eigenvalue weighted by atomic mass is 19.1. The van der Waals surface area contributed by atoms with Gasteiger partial charge in [0.05, 0.1) is 0 Å². The third kappa shape index (κ3) is 3.03. The second-order valence-corrected chi connectivity index (χ2v) is 4.99. The Kier molecular flexibility index (Phi) is 4.63. The van der Waals surface area contributed by atoms with Gasteiger partial charge in [-0.25, -0.2) is 8.78 Å². The maximum absolute atomic E-state index is 13.9. The Bertz CT molecular complexity index is 388. The van der Waals surface area contributed by atoms with Crippen LogP contribution >= 0.6 is 0 Å². The molecule has 0 amide bonds. The van der Waals surface area contributed by atoms with Crippen molar-refractivity contribution in [1.82, 2.24) is 5.32 Å². The summed E-state index contributed by atoms with van der Waals surface area (Å²) in [5.74, 6) is -0.0545. The van der Waals surface area contributed by atoms with Crippen LogP contribution in [0.2, 0.25) is 0 Å². The third-order valence-electron chi connectivity index (χ3n) is 3.50. The van der Waals surface area contributed by atoms with E-state index in [1.807, 2.05) is 6.92 Å². The minimum atomic E-state index is -0.349. The molecule has 0 saturated heterocycles. The predicted octanol–water partition coefficient (Wildman–Crippen LogP) is 3.83. The average molecular weight is 241 g/mol. The van der Waals surface area contributed by atoms with Crippen molar-refractivity contribution in [2.45, 2.75) is 33.7 Å². The zero-order chi connectivity index (χ0) is 13.2. The smallest absolute Gasteiger partial charge is 0.128 e. The molecule has 1 nitrogen and oxygen atoms in total. The SMILES string of the molecule is CNC(c1cc(F)c(C)cc1F)C(C)C(C)C. The van der Waals surface area contributed by atoms with E-state index in [1.54, 1.807) is 14.0 Å². The van der Waals surface area contributed by atoms with Gasteiger partial charge in [-0.2, -0.15) is 0 Å². The molecule has 96 valence electrons. The maximum atomic E-state index is 13.9. The zero-order valence-electron chi connectivity index (χ0n) is 11.1. The molecule has 17 heavy (non-hydrogen) atoms. The van der Waals surface area contributed by atoms with Gasteiger partial charge in [-0.3, -0.25) is 0 Å². The molecule has 0 bridgehead atoms. The van der Waals surface area contributed by atoms with Crippen molar-refractivity contribution in [3.8, 4) is 0 Å². The van der Waals surface area contributed by atoms with Crippen LogP contribution in [0.25, 0.3) is 0 Å². The van der Waals surface area contributed by atoms with E-state index in [1.165, 1.54) is 12.1 Å². The summed E-state index contributed by atoms with van der Waals surface area (Å²) < 4.78 is 27.4.